The summed E-state index contributed by atoms with van der Waals surface area (Å²) >= 11 is 0. The number of aromatic amines is 1. The first kappa shape index (κ1) is 14.1. The van der Waals surface area contributed by atoms with Gasteiger partial charge in [0.2, 0.25) is 11.9 Å². The maximum atomic E-state index is 12.7. The largest absolute Gasteiger partial charge is 0.433 e. The second-order valence-electron chi connectivity index (χ2n) is 5.25. The quantitative estimate of drug-likeness (QED) is 0.817. The number of halogens is 3. The minimum atomic E-state index is -4.74. The Labute approximate surface area is 117 Å². The van der Waals surface area contributed by atoms with Gasteiger partial charge in [-0.25, -0.2) is 15.4 Å². The summed E-state index contributed by atoms with van der Waals surface area (Å²) in [5, 5.41) is 0.942. The second-order valence-corrected chi connectivity index (χ2v) is 5.25. The van der Waals surface area contributed by atoms with Crippen molar-refractivity contribution in [3.05, 3.63) is 22.1 Å². The number of carbonyl (C=O) groups excluding carboxylic acids is 1. The predicted octanol–water partition coefficient (Wildman–Crippen LogP) is 1.20. The van der Waals surface area contributed by atoms with Crippen molar-refractivity contribution in [3.8, 4) is 0 Å². The fourth-order valence-electron chi connectivity index (χ4n) is 2.84. The summed E-state index contributed by atoms with van der Waals surface area (Å²) in [4.78, 5) is 29.1. The molecule has 0 aromatic carbocycles. The van der Waals surface area contributed by atoms with E-state index in [2.05, 4.69) is 15.4 Å². The van der Waals surface area contributed by atoms with E-state index in [0.29, 0.717) is 12.5 Å². The Hall–Kier alpha value is -1.90. The van der Waals surface area contributed by atoms with Crippen LogP contribution in [0.3, 0.4) is 0 Å². The number of hydrogen-bond donors (Lipinski definition) is 2. The summed E-state index contributed by atoms with van der Waals surface area (Å²) in [5.74, 6) is -1.02. The highest BCUT2D eigenvalue weighted by atomic mass is 19.4. The number of nitrogens with one attached hydrogen (secondary N) is 2. The number of rotatable bonds is 1. The average Bonchev–Trinajstić information content (AvgIpc) is 2.75. The van der Waals surface area contributed by atoms with Crippen molar-refractivity contribution >= 4 is 11.9 Å². The minimum absolute atomic E-state index is 0.105. The van der Waals surface area contributed by atoms with Crippen molar-refractivity contribution < 1.29 is 18.0 Å². The summed E-state index contributed by atoms with van der Waals surface area (Å²) in [7, 11) is 0. The molecule has 1 saturated heterocycles. The normalized spacial score (nSPS) is 26.0. The van der Waals surface area contributed by atoms with Gasteiger partial charge in [-0.1, -0.05) is 12.8 Å². The monoisotopic (exact) mass is 302 g/mol. The van der Waals surface area contributed by atoms with Crippen molar-refractivity contribution in [3.63, 3.8) is 0 Å². The van der Waals surface area contributed by atoms with Crippen LogP contribution in [0.25, 0.3) is 0 Å². The van der Waals surface area contributed by atoms with Gasteiger partial charge >= 0.3 is 6.18 Å². The molecule has 2 unspecified atom stereocenters. The molecule has 2 atom stereocenters. The zero-order chi connectivity index (χ0) is 15.2. The molecule has 2 N–H and O–H groups in total. The molecular weight excluding hydrogens is 289 g/mol. The molecule has 0 radical (unpaired) electrons. The van der Waals surface area contributed by atoms with Crippen molar-refractivity contribution in [2.24, 2.45) is 5.92 Å². The van der Waals surface area contributed by atoms with E-state index in [0.717, 1.165) is 24.3 Å². The van der Waals surface area contributed by atoms with Crippen LogP contribution in [0, 0.1) is 5.92 Å². The molecule has 3 rings (SSSR count). The number of aromatic nitrogens is 2. The lowest BCUT2D eigenvalue weighted by atomic mass is 9.86. The summed E-state index contributed by atoms with van der Waals surface area (Å²) in [5.41, 5.74) is 0.587. The van der Waals surface area contributed by atoms with E-state index < -0.39 is 23.4 Å². The van der Waals surface area contributed by atoms with Crippen molar-refractivity contribution in [1.29, 1.82) is 0 Å². The van der Waals surface area contributed by atoms with Crippen LogP contribution in [0.1, 0.15) is 31.4 Å². The molecule has 1 amide bonds. The number of hydrazine groups is 1. The number of carbonyl (C=O) groups is 1. The van der Waals surface area contributed by atoms with Crippen molar-refractivity contribution in [2.75, 3.05) is 5.01 Å². The molecule has 2 fully saturated rings. The van der Waals surface area contributed by atoms with Crippen molar-refractivity contribution in [2.45, 2.75) is 37.9 Å². The van der Waals surface area contributed by atoms with Crippen LogP contribution in [0.4, 0.5) is 19.1 Å². The molecule has 1 aromatic rings. The van der Waals surface area contributed by atoms with E-state index in [1.807, 2.05) is 0 Å². The third-order valence-electron chi connectivity index (χ3n) is 3.83. The van der Waals surface area contributed by atoms with E-state index in [9.17, 15) is 22.8 Å². The van der Waals surface area contributed by atoms with Gasteiger partial charge in [0.05, 0.1) is 5.92 Å². The molecule has 2 aliphatic rings. The van der Waals surface area contributed by atoms with Crippen LogP contribution in [0.2, 0.25) is 0 Å². The number of hydrogen-bond acceptors (Lipinski definition) is 4. The molecule has 1 aliphatic heterocycles. The predicted molar refractivity (Wildman–Crippen MR) is 66.2 cm³/mol. The molecule has 1 aromatic heterocycles. The van der Waals surface area contributed by atoms with E-state index >= 15 is 0 Å². The number of nitrogens with zero attached hydrogens (tertiary/aromatic N) is 2. The second kappa shape index (κ2) is 4.83. The molecular formula is C12H13F3N4O2. The van der Waals surface area contributed by atoms with Gasteiger partial charge in [0.1, 0.15) is 0 Å². The summed E-state index contributed by atoms with van der Waals surface area (Å²) < 4.78 is 38.1. The summed E-state index contributed by atoms with van der Waals surface area (Å²) in [6, 6.07) is 0.267. The Balaban J connectivity index is 1.96. The highest BCUT2D eigenvalue weighted by molar-refractivity contribution is 5.95. The highest BCUT2D eigenvalue weighted by Crippen LogP contribution is 2.32. The van der Waals surface area contributed by atoms with E-state index in [-0.39, 0.29) is 17.9 Å². The molecule has 6 nitrogen and oxygen atoms in total. The van der Waals surface area contributed by atoms with E-state index in [4.69, 9.17) is 0 Å². The molecule has 1 saturated carbocycles. The lowest BCUT2D eigenvalue weighted by Crippen LogP contribution is -2.40. The molecule has 114 valence electrons. The summed E-state index contributed by atoms with van der Waals surface area (Å²) in [6.07, 6.45) is -1.40. The molecule has 2 heterocycles. The van der Waals surface area contributed by atoms with E-state index in [1.54, 1.807) is 0 Å². The van der Waals surface area contributed by atoms with Crippen LogP contribution in [0.5, 0.6) is 0 Å². The smallest absolute Gasteiger partial charge is 0.291 e. The molecule has 9 heteroatoms. The molecule has 21 heavy (non-hydrogen) atoms. The van der Waals surface area contributed by atoms with Crippen LogP contribution in [-0.4, -0.2) is 21.9 Å². The third-order valence-corrected chi connectivity index (χ3v) is 3.83. The van der Waals surface area contributed by atoms with E-state index in [1.165, 1.54) is 0 Å². The first-order chi connectivity index (χ1) is 9.86. The SMILES string of the molecule is O=C1C2CCCCC2NN1c1nc(C(F)(F)F)cc(=O)[nH]1. The Morgan fingerprint density at radius 3 is 2.62 bits per heavy atom. The van der Waals surface area contributed by atoms with Crippen molar-refractivity contribution in [1.82, 2.24) is 15.4 Å². The van der Waals surface area contributed by atoms with Gasteiger partial charge < -0.3 is 0 Å². The molecule has 0 spiro atoms. The van der Waals surface area contributed by atoms with Crippen LogP contribution in [0.15, 0.2) is 10.9 Å². The Kier molecular flexibility index (Phi) is 3.23. The van der Waals surface area contributed by atoms with Gasteiger partial charge in [-0.15, -0.1) is 0 Å². The van der Waals surface area contributed by atoms with Crippen LogP contribution < -0.4 is 16.0 Å². The Morgan fingerprint density at radius 2 is 1.95 bits per heavy atom. The maximum absolute atomic E-state index is 12.7. The fraction of sp³-hybridized carbons (Fsp3) is 0.583. The Morgan fingerprint density at radius 1 is 1.24 bits per heavy atom. The molecule has 0 bridgehead atoms. The first-order valence-corrected chi connectivity index (χ1v) is 6.65. The lowest BCUT2D eigenvalue weighted by molar-refractivity contribution is -0.141. The van der Waals surface area contributed by atoms with Crippen LogP contribution >= 0.6 is 0 Å². The Bertz CT molecular complexity index is 628. The number of fused-ring (bicyclic) bond motifs is 1. The van der Waals surface area contributed by atoms with Gasteiger partial charge in [0, 0.05) is 12.1 Å². The first-order valence-electron chi connectivity index (χ1n) is 6.65. The topological polar surface area (TPSA) is 78.1 Å². The average molecular weight is 302 g/mol. The zero-order valence-electron chi connectivity index (χ0n) is 10.9. The van der Waals surface area contributed by atoms with Gasteiger partial charge in [-0.05, 0) is 12.8 Å². The number of anilines is 1. The standard InChI is InChI=1S/C12H13F3N4O2/c13-12(14,15)8-5-9(20)17-11(16-8)19-10(21)6-3-1-2-4-7(6)18-19/h5-7,18H,1-4H2,(H,16,17,20). The van der Waals surface area contributed by atoms with Crippen LogP contribution in [-0.2, 0) is 11.0 Å². The zero-order valence-corrected chi connectivity index (χ0v) is 10.9. The van der Waals surface area contributed by atoms with Gasteiger partial charge in [0.25, 0.3) is 5.56 Å². The number of alkyl halides is 3. The minimum Gasteiger partial charge on any atom is -0.291 e. The number of amides is 1. The number of H-pyrrole nitrogens is 1. The van der Waals surface area contributed by atoms with Gasteiger partial charge in [0.15, 0.2) is 5.69 Å². The highest BCUT2D eigenvalue weighted by Gasteiger charge is 2.43. The third kappa shape index (κ3) is 2.53. The summed E-state index contributed by atoms with van der Waals surface area (Å²) in [6.45, 7) is 0. The molecule has 1 aliphatic carbocycles. The maximum Gasteiger partial charge on any atom is 0.433 e. The van der Waals surface area contributed by atoms with Gasteiger partial charge in [-0.3, -0.25) is 14.6 Å². The van der Waals surface area contributed by atoms with Gasteiger partial charge in [-0.2, -0.15) is 13.2 Å². The fourth-order valence-corrected chi connectivity index (χ4v) is 2.84. The lowest BCUT2D eigenvalue weighted by Gasteiger charge is -2.21.